The van der Waals surface area contributed by atoms with Gasteiger partial charge >= 0.3 is 0 Å². The summed E-state index contributed by atoms with van der Waals surface area (Å²) in [5, 5.41) is 8.93. The minimum absolute atomic E-state index is 0.144. The number of amides is 1. The highest BCUT2D eigenvalue weighted by atomic mass is 16.1. The molecular formula is C7H15N3O. The number of carbonyl (C=O) groups excluding carboxylic acids is 1. The lowest BCUT2D eigenvalue weighted by molar-refractivity contribution is -0.122. The third-order valence-corrected chi connectivity index (χ3v) is 1.75. The Morgan fingerprint density at radius 1 is 1.64 bits per heavy atom. The van der Waals surface area contributed by atoms with E-state index in [1.807, 2.05) is 7.05 Å². The number of hydrogen-bond acceptors (Lipinski definition) is 3. The van der Waals surface area contributed by atoms with Crippen LogP contribution >= 0.6 is 0 Å². The van der Waals surface area contributed by atoms with Gasteiger partial charge in [0.25, 0.3) is 0 Å². The van der Waals surface area contributed by atoms with Gasteiger partial charge in [0.15, 0.2) is 0 Å². The van der Waals surface area contributed by atoms with Crippen molar-refractivity contribution in [3.63, 3.8) is 0 Å². The lowest BCUT2D eigenvalue weighted by Crippen LogP contribution is -2.57. The molecule has 4 nitrogen and oxygen atoms in total. The van der Waals surface area contributed by atoms with Crippen molar-refractivity contribution in [1.82, 2.24) is 16.0 Å². The summed E-state index contributed by atoms with van der Waals surface area (Å²) in [5.41, 5.74) is 0. The first-order chi connectivity index (χ1) is 5.33. The molecule has 0 saturated carbocycles. The van der Waals surface area contributed by atoms with E-state index in [0.29, 0.717) is 12.5 Å². The molecule has 0 radical (unpaired) electrons. The van der Waals surface area contributed by atoms with Crippen LogP contribution in [0.15, 0.2) is 0 Å². The van der Waals surface area contributed by atoms with Crippen LogP contribution < -0.4 is 16.0 Å². The van der Waals surface area contributed by atoms with Gasteiger partial charge in [-0.1, -0.05) is 0 Å². The zero-order chi connectivity index (χ0) is 8.10. The van der Waals surface area contributed by atoms with Gasteiger partial charge < -0.3 is 16.0 Å². The van der Waals surface area contributed by atoms with Crippen molar-refractivity contribution in [1.29, 1.82) is 0 Å². The Labute approximate surface area is 66.7 Å². The van der Waals surface area contributed by atoms with Crippen LogP contribution in [0.2, 0.25) is 0 Å². The highest BCUT2D eigenvalue weighted by Gasteiger charge is 2.17. The minimum atomic E-state index is 0.144. The average Bonchev–Trinajstić information content (AvgIpc) is 1.93. The largest absolute Gasteiger partial charge is 0.351 e. The predicted molar refractivity (Wildman–Crippen MR) is 43.3 cm³/mol. The summed E-state index contributed by atoms with van der Waals surface area (Å²) in [5.74, 6) is 0.144. The first kappa shape index (κ1) is 8.49. The van der Waals surface area contributed by atoms with Crippen LogP contribution in [-0.2, 0) is 4.79 Å². The number of carbonyl (C=O) groups is 1. The normalized spacial score (nSPS) is 17.5. The molecule has 0 spiro atoms. The molecule has 0 aromatic heterocycles. The van der Waals surface area contributed by atoms with E-state index in [9.17, 15) is 4.79 Å². The van der Waals surface area contributed by atoms with E-state index in [1.54, 1.807) is 0 Å². The summed E-state index contributed by atoms with van der Waals surface area (Å²) in [6.45, 7) is 2.60. The number of hydrogen-bond donors (Lipinski definition) is 3. The van der Waals surface area contributed by atoms with Crippen molar-refractivity contribution in [3.05, 3.63) is 0 Å². The third-order valence-electron chi connectivity index (χ3n) is 1.75. The molecule has 0 aromatic carbocycles. The number of rotatable bonds is 4. The molecule has 1 saturated heterocycles. The van der Waals surface area contributed by atoms with E-state index >= 15 is 0 Å². The summed E-state index contributed by atoms with van der Waals surface area (Å²) in [7, 11) is 1.85. The van der Waals surface area contributed by atoms with Gasteiger partial charge in [-0.05, 0) is 7.05 Å². The van der Waals surface area contributed by atoms with Crippen LogP contribution in [0.25, 0.3) is 0 Å². The second kappa shape index (κ2) is 4.31. The maximum atomic E-state index is 11.0. The molecule has 0 unspecified atom stereocenters. The summed E-state index contributed by atoms with van der Waals surface area (Å²) in [6.07, 6.45) is 0.576. The van der Waals surface area contributed by atoms with Crippen molar-refractivity contribution in [3.8, 4) is 0 Å². The Bertz CT molecular complexity index is 134. The fraction of sp³-hybridized carbons (Fsp3) is 0.857. The molecule has 1 rings (SSSR count). The monoisotopic (exact) mass is 157 g/mol. The average molecular weight is 157 g/mol. The molecule has 0 atom stereocenters. The van der Waals surface area contributed by atoms with Gasteiger partial charge in [0.1, 0.15) is 0 Å². The molecule has 3 N–H and O–H groups in total. The zero-order valence-corrected chi connectivity index (χ0v) is 6.81. The fourth-order valence-corrected chi connectivity index (χ4v) is 0.929. The van der Waals surface area contributed by atoms with Gasteiger partial charge in [-0.2, -0.15) is 0 Å². The van der Waals surface area contributed by atoms with E-state index in [0.717, 1.165) is 19.6 Å². The highest BCUT2D eigenvalue weighted by molar-refractivity contribution is 5.76. The lowest BCUT2D eigenvalue weighted by Gasteiger charge is -2.27. The van der Waals surface area contributed by atoms with Crippen LogP contribution in [-0.4, -0.2) is 38.6 Å². The van der Waals surface area contributed by atoms with Crippen molar-refractivity contribution < 1.29 is 4.79 Å². The Kier molecular flexibility index (Phi) is 3.32. The maximum absolute atomic E-state index is 11.0. The first-order valence-corrected chi connectivity index (χ1v) is 3.97. The summed E-state index contributed by atoms with van der Waals surface area (Å²) in [4.78, 5) is 11.0. The van der Waals surface area contributed by atoms with Gasteiger partial charge in [-0.25, -0.2) is 0 Å². The minimum Gasteiger partial charge on any atom is -0.351 e. The fourth-order valence-electron chi connectivity index (χ4n) is 0.929. The Hall–Kier alpha value is -0.610. The Balaban J connectivity index is 2.00. The SMILES string of the molecule is CNCCC(=O)NC1CNC1. The number of nitrogens with one attached hydrogen (secondary N) is 3. The van der Waals surface area contributed by atoms with Crippen LogP contribution in [0, 0.1) is 0 Å². The van der Waals surface area contributed by atoms with Crippen LogP contribution in [0.3, 0.4) is 0 Å². The third kappa shape index (κ3) is 2.86. The van der Waals surface area contributed by atoms with Crippen molar-refractivity contribution >= 4 is 5.91 Å². The van der Waals surface area contributed by atoms with Gasteiger partial charge in [0, 0.05) is 26.1 Å². The maximum Gasteiger partial charge on any atom is 0.221 e. The van der Waals surface area contributed by atoms with Crippen molar-refractivity contribution in [2.75, 3.05) is 26.7 Å². The molecule has 1 aliphatic rings. The molecule has 1 heterocycles. The van der Waals surface area contributed by atoms with E-state index in [-0.39, 0.29) is 5.91 Å². The van der Waals surface area contributed by atoms with Gasteiger partial charge in [0.05, 0.1) is 6.04 Å². The molecule has 1 aliphatic heterocycles. The molecule has 1 fully saturated rings. The van der Waals surface area contributed by atoms with Gasteiger partial charge in [-0.3, -0.25) is 4.79 Å². The van der Waals surface area contributed by atoms with Crippen molar-refractivity contribution in [2.45, 2.75) is 12.5 Å². The van der Waals surface area contributed by atoms with Crippen LogP contribution in [0.4, 0.5) is 0 Å². The Morgan fingerprint density at radius 2 is 2.36 bits per heavy atom. The highest BCUT2D eigenvalue weighted by Crippen LogP contribution is 1.90. The van der Waals surface area contributed by atoms with E-state index in [2.05, 4.69) is 16.0 Å². The molecule has 64 valence electrons. The van der Waals surface area contributed by atoms with Crippen molar-refractivity contribution in [2.24, 2.45) is 0 Å². The molecule has 1 amide bonds. The lowest BCUT2D eigenvalue weighted by atomic mass is 10.2. The van der Waals surface area contributed by atoms with E-state index in [4.69, 9.17) is 0 Å². The quantitative estimate of drug-likeness (QED) is 0.474. The van der Waals surface area contributed by atoms with Gasteiger partial charge in [0.2, 0.25) is 5.91 Å². The molecular weight excluding hydrogens is 142 g/mol. The standard InChI is InChI=1S/C7H15N3O/c1-8-3-2-7(11)10-6-4-9-5-6/h6,8-9H,2-5H2,1H3,(H,10,11). The smallest absolute Gasteiger partial charge is 0.221 e. The molecule has 0 bridgehead atoms. The molecule has 11 heavy (non-hydrogen) atoms. The van der Waals surface area contributed by atoms with Crippen LogP contribution in [0.5, 0.6) is 0 Å². The molecule has 4 heteroatoms. The second-order valence-electron chi connectivity index (χ2n) is 2.78. The van der Waals surface area contributed by atoms with E-state index < -0.39 is 0 Å². The van der Waals surface area contributed by atoms with E-state index in [1.165, 1.54) is 0 Å². The molecule has 0 aromatic rings. The Morgan fingerprint density at radius 3 is 2.82 bits per heavy atom. The topological polar surface area (TPSA) is 53.2 Å². The molecule has 0 aliphatic carbocycles. The van der Waals surface area contributed by atoms with Crippen LogP contribution in [0.1, 0.15) is 6.42 Å². The summed E-state index contributed by atoms with van der Waals surface area (Å²) < 4.78 is 0. The summed E-state index contributed by atoms with van der Waals surface area (Å²) >= 11 is 0. The summed E-state index contributed by atoms with van der Waals surface area (Å²) in [6, 6.07) is 0.374. The zero-order valence-electron chi connectivity index (χ0n) is 6.81. The first-order valence-electron chi connectivity index (χ1n) is 3.97. The second-order valence-corrected chi connectivity index (χ2v) is 2.78. The predicted octanol–water partition coefficient (Wildman–Crippen LogP) is -1.32. The van der Waals surface area contributed by atoms with Gasteiger partial charge in [-0.15, -0.1) is 0 Å².